The van der Waals surface area contributed by atoms with Crippen molar-refractivity contribution in [2.45, 2.75) is 163 Å². The number of Topliss-reactive ketones (excluding diaryl/α,β-unsaturated/α-hetero) is 2. The maximum atomic E-state index is 14.3. The van der Waals surface area contributed by atoms with Gasteiger partial charge in [-0.1, -0.05) is 0 Å². The van der Waals surface area contributed by atoms with E-state index in [-0.39, 0.29) is 63.4 Å². The summed E-state index contributed by atoms with van der Waals surface area (Å²) in [5.41, 5.74) is -1.95. The number of phenols is 1. The molecule has 0 radical (unpaired) electrons. The SMILES string of the molecule is COc1c2c(c(O)c3c4c(c(C)cc13)C1OC3(C(OC)OC)OC1C(OC1CC(O)C(O)(C(C)=O)C(C)O1)(O4)C3(O)Cn1cnc3nc(N)[nH]c(=O)c31)C(=O)C(O)CC2OC1CC(C)(O)C(OC(C)=O)C(C)O1. The number of aromatic hydroxyl groups is 1. The molecule has 1 aliphatic carbocycles. The van der Waals surface area contributed by atoms with Gasteiger partial charge in [-0.05, 0) is 46.2 Å². The number of ketones is 2. The molecule has 0 amide bonds. The van der Waals surface area contributed by atoms with Crippen molar-refractivity contribution in [1.29, 1.82) is 0 Å². The van der Waals surface area contributed by atoms with Crippen LogP contribution >= 0.6 is 0 Å². The van der Waals surface area contributed by atoms with Crippen molar-refractivity contribution < 1.29 is 97.1 Å². The molecule has 9 N–H and O–H groups in total. The number of hydrogen-bond donors (Lipinski definition) is 8. The van der Waals surface area contributed by atoms with E-state index in [1.807, 2.05) is 0 Å². The Balaban J connectivity index is 1.18. The number of nitrogens with two attached hydrogens (primary N) is 1. The normalized spacial score (nSPS) is 37.6. The maximum absolute atomic E-state index is 14.3. The van der Waals surface area contributed by atoms with Gasteiger partial charge < -0.3 is 93.0 Å². The molecule has 26 heteroatoms. The number of benzene rings is 2. The van der Waals surface area contributed by atoms with Gasteiger partial charge in [-0.15, -0.1) is 0 Å². The summed E-state index contributed by atoms with van der Waals surface area (Å²) in [6.45, 7) is 7.53. The second-order valence-electron chi connectivity index (χ2n) is 19.8. The zero-order valence-electron chi connectivity index (χ0n) is 41.1. The largest absolute Gasteiger partial charge is 0.506 e. The number of esters is 1. The minimum atomic E-state index is -2.83. The minimum Gasteiger partial charge on any atom is -0.506 e. The summed E-state index contributed by atoms with van der Waals surface area (Å²) in [5, 5.41) is 72.3. The third-order valence-electron chi connectivity index (χ3n) is 15.2. The average molecular weight is 1030 g/mol. The molecule has 2 bridgehead atoms. The number of nitrogens with zero attached hydrogens (tertiary/aromatic N) is 3. The van der Waals surface area contributed by atoms with Crippen molar-refractivity contribution in [2.75, 3.05) is 27.1 Å². The van der Waals surface area contributed by atoms with Gasteiger partial charge >= 0.3 is 5.97 Å². The Hall–Kier alpha value is -5.46. The third-order valence-corrected chi connectivity index (χ3v) is 15.2. The number of aliphatic hydroxyl groups is 5. The van der Waals surface area contributed by atoms with Crippen LogP contribution in [0.3, 0.4) is 0 Å². The van der Waals surface area contributed by atoms with E-state index in [1.54, 1.807) is 19.9 Å². The second kappa shape index (κ2) is 17.3. The van der Waals surface area contributed by atoms with Crippen molar-refractivity contribution in [3.8, 4) is 17.2 Å². The monoisotopic (exact) mass is 1030 g/mol. The lowest BCUT2D eigenvalue weighted by atomic mass is 9.74. The fourth-order valence-electron chi connectivity index (χ4n) is 12.0. The van der Waals surface area contributed by atoms with Crippen LogP contribution in [0.5, 0.6) is 17.2 Å². The molecule has 26 nitrogen and oxygen atoms in total. The summed E-state index contributed by atoms with van der Waals surface area (Å²) in [6.07, 6.45) is -15.6. The van der Waals surface area contributed by atoms with Crippen molar-refractivity contribution >= 4 is 45.4 Å². The van der Waals surface area contributed by atoms with Crippen LogP contribution in [0.25, 0.3) is 21.9 Å². The lowest BCUT2D eigenvalue weighted by molar-refractivity contribution is -0.427. The number of phenolic OH excluding ortho intramolecular Hbond substituents is 1. The van der Waals surface area contributed by atoms with E-state index < -0.39 is 143 Å². The standard InChI is InChI=1S/C47H57N5O21/c1-16-10-21-28(33(58)30-29(34(21)63-7)23(11-22(55)32(30)57)69-26-13-43(6,60)37(17(2)66-26)68-20(5)54)35-27(16)36-38-46(71-35,70-25-12-24(56)45(62,18(3)53)19(4)67-25)44(61,47(72-36,73-38)41(64-8)65-9)14-52-15-49-39-31(52)40(59)51-42(48)50-39/h10,15,17,19,22-26,36-38,41,55-56,58,60-62H,11-14H2,1-9H3,(H3,48,50,51,59). The molecule has 2 aromatic heterocycles. The van der Waals surface area contributed by atoms with Gasteiger partial charge in [0.05, 0.1) is 55.3 Å². The van der Waals surface area contributed by atoms with Crippen molar-refractivity contribution in [2.24, 2.45) is 0 Å². The molecule has 0 saturated carbocycles. The zero-order chi connectivity index (χ0) is 52.8. The van der Waals surface area contributed by atoms with Crippen molar-refractivity contribution in [3.05, 3.63) is 45.0 Å². The van der Waals surface area contributed by atoms with E-state index in [2.05, 4.69) is 15.0 Å². The van der Waals surface area contributed by atoms with E-state index in [0.717, 1.165) is 6.92 Å². The fraction of sp³-hybridized carbons (Fsp3) is 0.617. The number of aryl methyl sites for hydroxylation is 1. The molecule has 6 aliphatic rings. The van der Waals surface area contributed by atoms with E-state index in [9.17, 15) is 49.8 Å². The quantitative estimate of drug-likeness (QED) is 0.0675. The first-order chi connectivity index (χ1) is 34.3. The number of aromatic amines is 1. The predicted octanol–water partition coefficient (Wildman–Crippen LogP) is -0.162. The highest BCUT2D eigenvalue weighted by Crippen LogP contribution is 2.69. The lowest BCUT2D eigenvalue weighted by Crippen LogP contribution is -2.78. The number of fused-ring (bicyclic) bond motifs is 7. The predicted molar refractivity (Wildman–Crippen MR) is 243 cm³/mol. The van der Waals surface area contributed by atoms with Crippen LogP contribution in [-0.2, 0) is 58.8 Å². The molecule has 4 fully saturated rings. The molecule has 2 aromatic carbocycles. The van der Waals surface area contributed by atoms with Crippen LogP contribution in [0.2, 0.25) is 0 Å². The van der Waals surface area contributed by atoms with Gasteiger partial charge in [0.1, 0.15) is 35.1 Å². The van der Waals surface area contributed by atoms with Gasteiger partial charge in [0.15, 0.2) is 53.1 Å². The number of carbonyl (C=O) groups is 3. The Morgan fingerprint density at radius 2 is 1.74 bits per heavy atom. The van der Waals surface area contributed by atoms with Crippen LogP contribution in [-0.4, -0.2) is 173 Å². The molecule has 4 saturated heterocycles. The number of hydrogen-bond acceptors (Lipinski definition) is 24. The summed E-state index contributed by atoms with van der Waals surface area (Å²) in [7, 11) is 3.79. The topological polar surface area (TPSA) is 364 Å². The van der Waals surface area contributed by atoms with E-state index in [0.29, 0.717) is 5.56 Å². The fourth-order valence-corrected chi connectivity index (χ4v) is 12.0. The molecular formula is C47H57N5O21. The van der Waals surface area contributed by atoms with Crippen LogP contribution in [0, 0.1) is 6.92 Å². The number of nitrogen functional groups attached to an aromatic ring is 1. The highest BCUT2D eigenvalue weighted by molar-refractivity contribution is 6.13. The lowest BCUT2D eigenvalue weighted by Gasteiger charge is -2.56. The molecular weight excluding hydrogens is 971 g/mol. The summed E-state index contributed by atoms with van der Waals surface area (Å²) in [5.74, 6) is -8.85. The Labute approximate surface area is 414 Å². The van der Waals surface area contributed by atoms with Gasteiger partial charge in [-0.25, -0.2) is 4.98 Å². The van der Waals surface area contributed by atoms with Crippen LogP contribution < -0.4 is 20.8 Å². The smallest absolute Gasteiger partial charge is 0.303 e. The number of ether oxygens (including phenoxy) is 11. The van der Waals surface area contributed by atoms with Gasteiger partial charge in [0.2, 0.25) is 17.8 Å². The number of methoxy groups -OCH3 is 3. The Morgan fingerprint density at radius 3 is 2.37 bits per heavy atom. The third kappa shape index (κ3) is 7.10. The average Bonchev–Trinajstić information content (AvgIpc) is 3.96. The highest BCUT2D eigenvalue weighted by Gasteiger charge is 2.88. The van der Waals surface area contributed by atoms with E-state index >= 15 is 0 Å². The Bertz CT molecular complexity index is 3000. The van der Waals surface area contributed by atoms with Gasteiger partial charge in [0, 0.05) is 56.9 Å². The van der Waals surface area contributed by atoms with E-state index in [4.69, 9.17) is 57.8 Å². The first-order valence-electron chi connectivity index (χ1n) is 23.4. The Kier molecular flexibility index (Phi) is 12.1. The maximum Gasteiger partial charge on any atom is 0.303 e. The number of aromatic nitrogens is 4. The number of rotatable bonds is 12. The number of H-pyrrole nitrogens is 1. The van der Waals surface area contributed by atoms with Gasteiger partial charge in [0.25, 0.3) is 17.1 Å². The molecule has 396 valence electrons. The number of aliphatic hydroxyl groups excluding tert-OH is 2. The summed E-state index contributed by atoms with van der Waals surface area (Å²) >= 11 is 0. The number of imidazole rings is 1. The number of nitrogens with one attached hydrogen (secondary N) is 1. The number of carbonyl (C=O) groups excluding carboxylic acids is 3. The van der Waals surface area contributed by atoms with Crippen LogP contribution in [0.1, 0.15) is 93.1 Å². The van der Waals surface area contributed by atoms with Crippen molar-refractivity contribution in [1.82, 2.24) is 19.5 Å². The van der Waals surface area contributed by atoms with Crippen molar-refractivity contribution in [3.63, 3.8) is 0 Å². The number of anilines is 1. The molecule has 10 rings (SSSR count). The van der Waals surface area contributed by atoms with Crippen LogP contribution in [0.15, 0.2) is 17.2 Å². The summed E-state index contributed by atoms with van der Waals surface area (Å²) < 4.78 is 70.4. The zero-order valence-corrected chi connectivity index (χ0v) is 41.1. The molecule has 5 aliphatic heterocycles. The van der Waals surface area contributed by atoms with Gasteiger partial charge in [-0.2, -0.15) is 4.98 Å². The molecule has 4 aromatic rings. The minimum absolute atomic E-state index is 0.00504. The second-order valence-corrected chi connectivity index (χ2v) is 19.8. The van der Waals surface area contributed by atoms with Gasteiger partial charge in [-0.3, -0.25) is 24.2 Å². The molecule has 0 spiro atoms. The molecule has 7 heterocycles. The molecule has 15 unspecified atom stereocenters. The molecule has 15 atom stereocenters. The Morgan fingerprint density at radius 1 is 1.03 bits per heavy atom. The molecule has 73 heavy (non-hydrogen) atoms. The van der Waals surface area contributed by atoms with Crippen LogP contribution in [0.4, 0.5) is 5.95 Å². The first-order valence-corrected chi connectivity index (χ1v) is 23.4. The summed E-state index contributed by atoms with van der Waals surface area (Å²) in [6, 6.07) is 1.62. The van der Waals surface area contributed by atoms with E-state index in [1.165, 1.54) is 53.0 Å². The first kappa shape index (κ1) is 51.0. The highest BCUT2D eigenvalue weighted by atomic mass is 16.9. The summed E-state index contributed by atoms with van der Waals surface area (Å²) in [4.78, 5) is 63.4.